The van der Waals surface area contributed by atoms with Gasteiger partial charge in [-0.25, -0.2) is 14.8 Å². The van der Waals surface area contributed by atoms with Gasteiger partial charge in [0.2, 0.25) is 0 Å². The molecule has 0 fully saturated rings. The molecule has 1 aromatic carbocycles. The Morgan fingerprint density at radius 2 is 2.20 bits per heavy atom. The van der Waals surface area contributed by atoms with Crippen molar-refractivity contribution >= 4 is 33.5 Å². The maximum absolute atomic E-state index is 11.2. The Labute approximate surface area is 118 Å². The van der Waals surface area contributed by atoms with Crippen molar-refractivity contribution in [3.8, 4) is 0 Å². The summed E-state index contributed by atoms with van der Waals surface area (Å²) in [6, 6.07) is 4.70. The predicted molar refractivity (Wildman–Crippen MR) is 78.5 cm³/mol. The van der Waals surface area contributed by atoms with Crippen LogP contribution in [0.3, 0.4) is 0 Å². The fraction of sp³-hybridized carbons (Fsp3) is 0.308. The minimum absolute atomic E-state index is 0.00177. The van der Waals surface area contributed by atoms with Gasteiger partial charge in [-0.2, -0.15) is 0 Å². The first-order valence-electron chi connectivity index (χ1n) is 6.02. The number of carboxylic acids is 1. The molecule has 2 aromatic rings. The molecule has 6 nitrogen and oxygen atoms in total. The minimum Gasteiger partial charge on any atom is -0.478 e. The molecule has 7 heteroatoms. The number of rotatable bonds is 5. The summed E-state index contributed by atoms with van der Waals surface area (Å²) in [4.78, 5) is 19.2. The number of hydrogen-bond acceptors (Lipinski definition) is 5. The fourth-order valence-corrected chi connectivity index (χ4v) is 2.72. The van der Waals surface area contributed by atoms with Crippen LogP contribution < -0.4 is 5.32 Å². The molecular formula is C13H15N3O3S. The molecule has 0 saturated carbocycles. The summed E-state index contributed by atoms with van der Waals surface area (Å²) in [7, 11) is -0.897. The van der Waals surface area contributed by atoms with Gasteiger partial charge >= 0.3 is 5.97 Å². The molecule has 0 bridgehead atoms. The number of benzene rings is 1. The van der Waals surface area contributed by atoms with Gasteiger partial charge in [0.15, 0.2) is 0 Å². The number of hydrogen-bond donors (Lipinski definition) is 2. The van der Waals surface area contributed by atoms with Crippen LogP contribution in [0.1, 0.15) is 17.3 Å². The van der Waals surface area contributed by atoms with Crippen LogP contribution in [0.2, 0.25) is 0 Å². The van der Waals surface area contributed by atoms with Crippen molar-refractivity contribution in [1.29, 1.82) is 0 Å². The van der Waals surface area contributed by atoms with E-state index in [0.29, 0.717) is 17.1 Å². The summed E-state index contributed by atoms with van der Waals surface area (Å²) in [6.07, 6.45) is 3.03. The van der Waals surface area contributed by atoms with Crippen LogP contribution in [0.25, 0.3) is 10.9 Å². The zero-order chi connectivity index (χ0) is 14.7. The van der Waals surface area contributed by atoms with Gasteiger partial charge < -0.3 is 10.4 Å². The molecule has 0 amide bonds. The standard InChI is InChI=1S/C13H15N3O3S/c1-8(6-20(2)19)16-12-10-4-3-9(13(17)18)5-11(10)14-7-15-12/h3-5,7-8H,6H2,1-2H3,(H,17,18)(H,14,15,16). The van der Waals surface area contributed by atoms with Crippen molar-refractivity contribution in [1.82, 2.24) is 9.97 Å². The highest BCUT2D eigenvalue weighted by Crippen LogP contribution is 2.21. The molecular weight excluding hydrogens is 278 g/mol. The number of nitrogens with one attached hydrogen (secondary N) is 1. The SMILES string of the molecule is CC(CS(C)=O)Nc1ncnc2cc(C(=O)O)ccc12. The molecule has 1 heterocycles. The van der Waals surface area contributed by atoms with Crippen molar-refractivity contribution in [2.24, 2.45) is 0 Å². The molecule has 2 atom stereocenters. The fourth-order valence-electron chi connectivity index (χ4n) is 1.93. The summed E-state index contributed by atoms with van der Waals surface area (Å²) in [5.41, 5.74) is 0.747. The van der Waals surface area contributed by atoms with Gasteiger partial charge in [0.1, 0.15) is 12.1 Å². The number of carbonyl (C=O) groups is 1. The van der Waals surface area contributed by atoms with E-state index >= 15 is 0 Å². The minimum atomic E-state index is -0.991. The van der Waals surface area contributed by atoms with Gasteiger partial charge in [0.05, 0.1) is 11.1 Å². The molecule has 0 aliphatic rings. The number of fused-ring (bicyclic) bond motifs is 1. The lowest BCUT2D eigenvalue weighted by Gasteiger charge is -2.14. The average molecular weight is 293 g/mol. The van der Waals surface area contributed by atoms with Crippen LogP contribution in [-0.2, 0) is 10.8 Å². The second kappa shape index (κ2) is 5.96. The molecule has 2 unspecified atom stereocenters. The largest absolute Gasteiger partial charge is 0.478 e. The third-order valence-electron chi connectivity index (χ3n) is 2.75. The lowest BCUT2D eigenvalue weighted by atomic mass is 10.1. The molecule has 20 heavy (non-hydrogen) atoms. The van der Waals surface area contributed by atoms with Crippen LogP contribution in [0.5, 0.6) is 0 Å². The van der Waals surface area contributed by atoms with E-state index in [1.807, 2.05) is 6.92 Å². The van der Waals surface area contributed by atoms with E-state index in [9.17, 15) is 9.00 Å². The zero-order valence-electron chi connectivity index (χ0n) is 11.2. The first kappa shape index (κ1) is 14.4. The third kappa shape index (κ3) is 3.30. The van der Waals surface area contributed by atoms with Gasteiger partial charge in [-0.3, -0.25) is 4.21 Å². The Bertz CT molecular complexity index is 675. The van der Waals surface area contributed by atoms with Crippen molar-refractivity contribution in [2.45, 2.75) is 13.0 Å². The lowest BCUT2D eigenvalue weighted by Crippen LogP contribution is -2.23. The van der Waals surface area contributed by atoms with Crippen molar-refractivity contribution < 1.29 is 14.1 Å². The van der Waals surface area contributed by atoms with E-state index in [4.69, 9.17) is 5.11 Å². The molecule has 0 radical (unpaired) electrons. The number of aromatic nitrogens is 2. The van der Waals surface area contributed by atoms with E-state index in [-0.39, 0.29) is 11.6 Å². The third-order valence-corrected chi connectivity index (χ3v) is 3.72. The summed E-state index contributed by atoms with van der Waals surface area (Å²) in [6.45, 7) is 1.92. The number of nitrogens with zero attached hydrogens (tertiary/aromatic N) is 2. The van der Waals surface area contributed by atoms with Crippen LogP contribution >= 0.6 is 0 Å². The van der Waals surface area contributed by atoms with E-state index < -0.39 is 16.8 Å². The Hall–Kier alpha value is -2.02. The van der Waals surface area contributed by atoms with Crippen LogP contribution in [0.15, 0.2) is 24.5 Å². The topological polar surface area (TPSA) is 92.2 Å². The highest BCUT2D eigenvalue weighted by molar-refractivity contribution is 7.84. The highest BCUT2D eigenvalue weighted by Gasteiger charge is 2.10. The van der Waals surface area contributed by atoms with Gasteiger partial charge in [-0.15, -0.1) is 0 Å². The second-order valence-electron chi connectivity index (χ2n) is 4.54. The predicted octanol–water partition coefficient (Wildman–Crippen LogP) is 1.51. The molecule has 106 valence electrons. The smallest absolute Gasteiger partial charge is 0.335 e. The van der Waals surface area contributed by atoms with E-state index in [0.717, 1.165) is 5.39 Å². The van der Waals surface area contributed by atoms with E-state index in [1.165, 1.54) is 18.5 Å². The summed E-state index contributed by atoms with van der Waals surface area (Å²) >= 11 is 0. The maximum Gasteiger partial charge on any atom is 0.335 e. The van der Waals surface area contributed by atoms with Crippen molar-refractivity contribution in [2.75, 3.05) is 17.3 Å². The highest BCUT2D eigenvalue weighted by atomic mass is 32.2. The molecule has 0 saturated heterocycles. The van der Waals surface area contributed by atoms with Crippen LogP contribution in [0.4, 0.5) is 5.82 Å². The average Bonchev–Trinajstić information content (AvgIpc) is 2.37. The van der Waals surface area contributed by atoms with Crippen LogP contribution in [0, 0.1) is 0 Å². The lowest BCUT2D eigenvalue weighted by molar-refractivity contribution is 0.0697. The zero-order valence-corrected chi connectivity index (χ0v) is 12.0. The van der Waals surface area contributed by atoms with Crippen molar-refractivity contribution in [3.05, 3.63) is 30.1 Å². The first-order chi connectivity index (χ1) is 9.47. The Morgan fingerprint density at radius 1 is 1.45 bits per heavy atom. The van der Waals surface area contributed by atoms with Crippen LogP contribution in [-0.4, -0.2) is 43.3 Å². The molecule has 2 rings (SSSR count). The maximum atomic E-state index is 11.2. The number of aromatic carboxylic acids is 1. The summed E-state index contributed by atoms with van der Waals surface area (Å²) in [5, 5.41) is 12.9. The molecule has 2 N–H and O–H groups in total. The molecule has 0 aliphatic heterocycles. The Kier molecular flexibility index (Phi) is 4.29. The number of anilines is 1. The van der Waals surface area contributed by atoms with Gasteiger partial charge in [-0.1, -0.05) is 0 Å². The van der Waals surface area contributed by atoms with Gasteiger partial charge in [0.25, 0.3) is 0 Å². The Balaban J connectivity index is 2.35. The summed E-state index contributed by atoms with van der Waals surface area (Å²) in [5.74, 6) is 0.137. The first-order valence-corrected chi connectivity index (χ1v) is 7.74. The summed E-state index contributed by atoms with van der Waals surface area (Å²) < 4.78 is 11.2. The number of carboxylic acid groups (broad SMARTS) is 1. The Morgan fingerprint density at radius 3 is 2.85 bits per heavy atom. The molecule has 1 aromatic heterocycles. The normalized spacial score (nSPS) is 13.9. The van der Waals surface area contributed by atoms with E-state index in [2.05, 4.69) is 15.3 Å². The van der Waals surface area contributed by atoms with Gasteiger partial charge in [0, 0.05) is 34.2 Å². The molecule has 0 aliphatic carbocycles. The monoisotopic (exact) mass is 293 g/mol. The van der Waals surface area contributed by atoms with Crippen molar-refractivity contribution in [3.63, 3.8) is 0 Å². The van der Waals surface area contributed by atoms with E-state index in [1.54, 1.807) is 12.3 Å². The quantitative estimate of drug-likeness (QED) is 0.868. The molecule has 0 spiro atoms. The van der Waals surface area contributed by atoms with Gasteiger partial charge in [-0.05, 0) is 25.1 Å². The second-order valence-corrected chi connectivity index (χ2v) is 6.02.